The summed E-state index contributed by atoms with van der Waals surface area (Å²) in [5.74, 6) is 1.97. The fourth-order valence-electron chi connectivity index (χ4n) is 3.97. The van der Waals surface area contributed by atoms with Crippen LogP contribution in [-0.2, 0) is 24.2 Å². The molecule has 0 radical (unpaired) electrons. The Balaban J connectivity index is 1.58. The summed E-state index contributed by atoms with van der Waals surface area (Å²) in [7, 11) is 0. The van der Waals surface area contributed by atoms with Gasteiger partial charge in [-0.3, -0.25) is 4.79 Å². The lowest BCUT2D eigenvalue weighted by atomic mass is 9.82. The average Bonchev–Trinajstić information content (AvgIpc) is 3.04. The number of nitriles is 1. The van der Waals surface area contributed by atoms with E-state index in [1.807, 2.05) is 6.92 Å². The first-order chi connectivity index (χ1) is 12.1. The van der Waals surface area contributed by atoms with Gasteiger partial charge in [0.15, 0.2) is 0 Å². The minimum absolute atomic E-state index is 0.0753. The van der Waals surface area contributed by atoms with Crippen molar-refractivity contribution in [1.29, 1.82) is 5.26 Å². The molecule has 2 aliphatic rings. The van der Waals surface area contributed by atoms with Crippen LogP contribution >= 0.6 is 0 Å². The van der Waals surface area contributed by atoms with E-state index in [0.717, 1.165) is 69.6 Å². The van der Waals surface area contributed by atoms with Crippen LogP contribution in [0.15, 0.2) is 0 Å². The zero-order valence-electron chi connectivity index (χ0n) is 15.2. The third-order valence-electron chi connectivity index (χ3n) is 5.50. The van der Waals surface area contributed by atoms with E-state index in [9.17, 15) is 10.1 Å². The number of hydrogen-bond acceptors (Lipinski definition) is 5. The molecule has 2 heterocycles. The fraction of sp³-hybridized carbons (Fsp3) is 0.778. The summed E-state index contributed by atoms with van der Waals surface area (Å²) < 4.78 is 2.17. The topological polar surface area (TPSA) is 95.6 Å². The van der Waals surface area contributed by atoms with Crippen LogP contribution < -0.4 is 10.6 Å². The summed E-state index contributed by atoms with van der Waals surface area (Å²) in [6.07, 6.45) is 7.37. The molecule has 0 bridgehead atoms. The van der Waals surface area contributed by atoms with Crippen molar-refractivity contribution in [1.82, 2.24) is 25.4 Å². The molecule has 2 N–H and O–H groups in total. The normalized spacial score (nSPS) is 23.3. The summed E-state index contributed by atoms with van der Waals surface area (Å²) in [6, 6.07) is 2.25. The van der Waals surface area contributed by atoms with Crippen molar-refractivity contribution >= 4 is 5.91 Å². The maximum atomic E-state index is 12.6. The van der Waals surface area contributed by atoms with Crippen LogP contribution in [0.2, 0.25) is 0 Å². The molecule has 0 unspecified atom stereocenters. The highest BCUT2D eigenvalue weighted by atomic mass is 16.2. The molecule has 1 fully saturated rings. The minimum Gasteiger partial charge on any atom is -0.336 e. The molecule has 1 amide bonds. The van der Waals surface area contributed by atoms with E-state index in [0.29, 0.717) is 0 Å². The highest BCUT2D eigenvalue weighted by Crippen LogP contribution is 2.27. The van der Waals surface area contributed by atoms with Gasteiger partial charge in [0.25, 0.3) is 0 Å². The molecule has 1 aliphatic carbocycles. The van der Waals surface area contributed by atoms with Crippen molar-refractivity contribution in [3.05, 3.63) is 11.6 Å². The number of rotatable bonds is 5. The molecule has 2 atom stereocenters. The number of aryl methyl sites for hydroxylation is 2. The number of carbonyl (C=O) groups is 1. The van der Waals surface area contributed by atoms with Crippen LogP contribution in [0, 0.1) is 11.3 Å². The Morgan fingerprint density at radius 3 is 2.84 bits per heavy atom. The molecule has 1 aliphatic heterocycles. The van der Waals surface area contributed by atoms with Crippen LogP contribution in [0.5, 0.6) is 0 Å². The van der Waals surface area contributed by atoms with E-state index < -0.39 is 5.54 Å². The average molecular weight is 344 g/mol. The summed E-state index contributed by atoms with van der Waals surface area (Å²) in [5, 5.41) is 24.5. The second-order valence-corrected chi connectivity index (χ2v) is 7.36. The summed E-state index contributed by atoms with van der Waals surface area (Å²) in [5.41, 5.74) is -0.672. The molecular formula is C18H28N6O. The molecule has 25 heavy (non-hydrogen) atoms. The monoisotopic (exact) mass is 344 g/mol. The lowest BCUT2D eigenvalue weighted by molar-refractivity contribution is -0.124. The number of amides is 1. The molecule has 1 aromatic rings. The third-order valence-corrected chi connectivity index (χ3v) is 5.50. The van der Waals surface area contributed by atoms with Gasteiger partial charge in [0.2, 0.25) is 5.91 Å². The van der Waals surface area contributed by atoms with Crippen molar-refractivity contribution < 1.29 is 4.79 Å². The first kappa shape index (κ1) is 17.9. The fourth-order valence-corrected chi connectivity index (χ4v) is 3.97. The lowest BCUT2D eigenvalue weighted by Gasteiger charge is -2.34. The van der Waals surface area contributed by atoms with Gasteiger partial charge in [-0.15, -0.1) is 10.2 Å². The number of carbonyl (C=O) groups excluding carboxylic acids is 1. The zero-order chi connectivity index (χ0) is 17.9. The Morgan fingerprint density at radius 2 is 2.16 bits per heavy atom. The quantitative estimate of drug-likeness (QED) is 0.843. The van der Waals surface area contributed by atoms with Gasteiger partial charge in [0.05, 0.1) is 12.1 Å². The van der Waals surface area contributed by atoms with E-state index in [1.165, 1.54) is 0 Å². The van der Waals surface area contributed by atoms with Crippen LogP contribution in [-0.4, -0.2) is 38.3 Å². The van der Waals surface area contributed by atoms with Crippen LogP contribution in [0.4, 0.5) is 0 Å². The number of fused-ring (bicyclic) bond motifs is 1. The van der Waals surface area contributed by atoms with E-state index in [-0.39, 0.29) is 18.0 Å². The highest BCUT2D eigenvalue weighted by Gasteiger charge is 2.35. The summed E-state index contributed by atoms with van der Waals surface area (Å²) in [6.45, 7) is 4.76. The third kappa shape index (κ3) is 3.84. The number of nitrogens with zero attached hydrogens (tertiary/aromatic N) is 4. The first-order valence-electron chi connectivity index (χ1n) is 9.47. The van der Waals surface area contributed by atoms with Gasteiger partial charge in [0.1, 0.15) is 17.2 Å². The van der Waals surface area contributed by atoms with Crippen molar-refractivity contribution in [2.75, 3.05) is 0 Å². The van der Waals surface area contributed by atoms with Gasteiger partial charge in [-0.2, -0.15) is 5.26 Å². The maximum Gasteiger partial charge on any atom is 0.238 e. The smallest absolute Gasteiger partial charge is 0.238 e. The molecule has 3 rings (SSSR count). The second-order valence-electron chi connectivity index (χ2n) is 7.36. The number of aromatic nitrogens is 3. The van der Waals surface area contributed by atoms with Gasteiger partial charge >= 0.3 is 0 Å². The van der Waals surface area contributed by atoms with Crippen molar-refractivity contribution in [3.8, 4) is 6.07 Å². The Bertz CT molecular complexity index is 642. The van der Waals surface area contributed by atoms with E-state index in [1.54, 1.807) is 0 Å². The molecule has 0 spiro atoms. The van der Waals surface area contributed by atoms with Crippen molar-refractivity contribution in [2.45, 2.75) is 89.4 Å². The number of nitrogens with one attached hydrogen (secondary N) is 2. The van der Waals surface area contributed by atoms with Gasteiger partial charge in [-0.05, 0) is 26.2 Å². The summed E-state index contributed by atoms with van der Waals surface area (Å²) in [4.78, 5) is 12.6. The number of hydrogen-bond donors (Lipinski definition) is 2. The molecule has 7 nitrogen and oxygen atoms in total. The Kier molecular flexibility index (Phi) is 5.38. The summed E-state index contributed by atoms with van der Waals surface area (Å²) >= 11 is 0. The predicted molar refractivity (Wildman–Crippen MR) is 93.7 cm³/mol. The molecule has 0 aromatic carbocycles. The van der Waals surface area contributed by atoms with Crippen molar-refractivity contribution in [2.24, 2.45) is 0 Å². The van der Waals surface area contributed by atoms with Gasteiger partial charge in [-0.1, -0.05) is 26.2 Å². The molecule has 0 saturated heterocycles. The first-order valence-corrected chi connectivity index (χ1v) is 9.47. The Hall–Kier alpha value is -1.94. The van der Waals surface area contributed by atoms with Crippen LogP contribution in [0.25, 0.3) is 0 Å². The van der Waals surface area contributed by atoms with E-state index in [4.69, 9.17) is 0 Å². The Morgan fingerprint density at radius 1 is 1.40 bits per heavy atom. The molecular weight excluding hydrogens is 316 g/mol. The van der Waals surface area contributed by atoms with Crippen LogP contribution in [0.1, 0.15) is 64.0 Å². The highest BCUT2D eigenvalue weighted by molar-refractivity contribution is 5.82. The van der Waals surface area contributed by atoms with Gasteiger partial charge in [-0.25, -0.2) is 0 Å². The zero-order valence-corrected chi connectivity index (χ0v) is 15.2. The van der Waals surface area contributed by atoms with Crippen LogP contribution in [0.3, 0.4) is 0 Å². The van der Waals surface area contributed by atoms with Gasteiger partial charge in [0, 0.05) is 25.4 Å². The molecule has 7 heteroatoms. The molecule has 1 aromatic heterocycles. The van der Waals surface area contributed by atoms with Gasteiger partial charge < -0.3 is 15.2 Å². The van der Waals surface area contributed by atoms with Crippen molar-refractivity contribution in [3.63, 3.8) is 0 Å². The van der Waals surface area contributed by atoms with E-state index in [2.05, 4.69) is 38.4 Å². The van der Waals surface area contributed by atoms with E-state index >= 15 is 0 Å². The Labute approximate surface area is 149 Å². The largest absolute Gasteiger partial charge is 0.336 e. The predicted octanol–water partition coefficient (Wildman–Crippen LogP) is 1.48. The molecule has 1 saturated carbocycles. The standard InChI is InChI=1S/C18H28N6O/c1-3-15-22-23-16-8-7-14(11-24(15)16)20-13(2)17(25)21-18(12-19)9-5-4-6-10-18/h13-14,20H,3-11H2,1-2H3,(H,21,25)/t13-,14-/m1/s1. The minimum atomic E-state index is -0.672. The SMILES string of the molecule is CCc1nnc2n1C[C@H](N[C@H](C)C(=O)NC1(C#N)CCCCC1)CC2. The lowest BCUT2D eigenvalue weighted by Crippen LogP contribution is -2.56. The second kappa shape index (κ2) is 7.52. The molecule has 136 valence electrons. The maximum absolute atomic E-state index is 12.6.